The van der Waals surface area contributed by atoms with Gasteiger partial charge in [-0.05, 0) is 29.3 Å². The Kier molecular flexibility index (Phi) is 6.59. The summed E-state index contributed by atoms with van der Waals surface area (Å²) in [7, 11) is 0. The van der Waals surface area contributed by atoms with Gasteiger partial charge in [-0.3, -0.25) is 19.8 Å². The minimum absolute atomic E-state index is 0.0293. The molecule has 1 saturated heterocycles. The molecule has 7 nitrogen and oxygen atoms in total. The summed E-state index contributed by atoms with van der Waals surface area (Å²) in [6.07, 6.45) is 0. The quantitative estimate of drug-likeness (QED) is 0.449. The van der Waals surface area contributed by atoms with Crippen molar-refractivity contribution >= 4 is 27.9 Å². The molecule has 3 aromatic rings. The smallest absolute Gasteiger partial charge is 0.324 e. The maximum absolute atomic E-state index is 12.2. The Balaban J connectivity index is 1.25. The van der Waals surface area contributed by atoms with E-state index in [0.29, 0.717) is 11.4 Å². The van der Waals surface area contributed by atoms with Gasteiger partial charge in [-0.1, -0.05) is 53.8 Å². The highest BCUT2D eigenvalue weighted by molar-refractivity contribution is 7.17. The van der Waals surface area contributed by atoms with Crippen molar-refractivity contribution in [2.45, 2.75) is 13.1 Å². The largest absolute Gasteiger partial charge is 0.369 e. The van der Waals surface area contributed by atoms with Crippen LogP contribution in [-0.2, 0) is 13.1 Å². The molecule has 8 heteroatoms. The molecule has 0 saturated carbocycles. The van der Waals surface area contributed by atoms with E-state index in [1.54, 1.807) is 0 Å². The Morgan fingerprint density at radius 3 is 2.29 bits per heavy atom. The monoisotopic (exact) mass is 436 g/mol. The number of hydrogen-bond acceptors (Lipinski definition) is 6. The first kappa shape index (κ1) is 21.0. The molecule has 1 amide bonds. The Bertz CT molecular complexity index is 1030. The predicted octanol–water partition coefficient (Wildman–Crippen LogP) is 3.91. The summed E-state index contributed by atoms with van der Waals surface area (Å²) >= 11 is 0.884. The normalized spacial score (nSPS) is 14.4. The minimum atomic E-state index is -0.484. The maximum atomic E-state index is 12.2. The van der Waals surface area contributed by atoms with Crippen molar-refractivity contribution in [1.82, 2.24) is 10.2 Å². The van der Waals surface area contributed by atoms with Gasteiger partial charge in [0.25, 0.3) is 5.91 Å². The third kappa shape index (κ3) is 5.48. The van der Waals surface area contributed by atoms with Crippen LogP contribution in [-0.4, -0.2) is 41.9 Å². The van der Waals surface area contributed by atoms with E-state index in [1.165, 1.54) is 23.4 Å². The average Bonchev–Trinajstić information content (AvgIpc) is 3.30. The number of nitro groups is 1. The van der Waals surface area contributed by atoms with Crippen LogP contribution in [0.1, 0.15) is 20.8 Å². The molecule has 1 aromatic heterocycles. The van der Waals surface area contributed by atoms with Gasteiger partial charge in [0.1, 0.15) is 0 Å². The molecule has 0 unspecified atom stereocenters. The van der Waals surface area contributed by atoms with Crippen LogP contribution in [0.15, 0.2) is 66.7 Å². The lowest BCUT2D eigenvalue weighted by Crippen LogP contribution is -2.45. The van der Waals surface area contributed by atoms with Crippen LogP contribution < -0.4 is 10.2 Å². The number of thiophene rings is 1. The van der Waals surface area contributed by atoms with Gasteiger partial charge < -0.3 is 10.2 Å². The molecule has 2 heterocycles. The molecule has 0 bridgehead atoms. The molecule has 0 aliphatic carbocycles. The summed E-state index contributed by atoms with van der Waals surface area (Å²) in [4.78, 5) is 27.7. The fourth-order valence-corrected chi connectivity index (χ4v) is 4.38. The molecule has 1 N–H and O–H groups in total. The summed E-state index contributed by atoms with van der Waals surface area (Å²) in [6.45, 7) is 5.40. The van der Waals surface area contributed by atoms with Crippen molar-refractivity contribution in [2.24, 2.45) is 0 Å². The fourth-order valence-electron chi connectivity index (χ4n) is 3.65. The molecular weight excluding hydrogens is 412 g/mol. The van der Waals surface area contributed by atoms with Crippen molar-refractivity contribution in [2.75, 3.05) is 31.1 Å². The Hall–Kier alpha value is -3.23. The molecule has 0 spiro atoms. The van der Waals surface area contributed by atoms with Gasteiger partial charge >= 0.3 is 5.00 Å². The lowest BCUT2D eigenvalue weighted by molar-refractivity contribution is -0.380. The van der Waals surface area contributed by atoms with Crippen LogP contribution in [0.4, 0.5) is 10.7 Å². The second kappa shape index (κ2) is 9.72. The zero-order chi connectivity index (χ0) is 21.6. The molecule has 31 heavy (non-hydrogen) atoms. The van der Waals surface area contributed by atoms with Crippen LogP contribution in [0.2, 0.25) is 0 Å². The third-order valence-electron chi connectivity index (χ3n) is 5.37. The van der Waals surface area contributed by atoms with Gasteiger partial charge in [-0.25, -0.2) is 0 Å². The zero-order valence-electron chi connectivity index (χ0n) is 17.1. The van der Waals surface area contributed by atoms with E-state index in [2.05, 4.69) is 51.5 Å². The van der Waals surface area contributed by atoms with Gasteiger partial charge in [0.15, 0.2) is 0 Å². The lowest BCUT2D eigenvalue weighted by atomic mass is 10.1. The van der Waals surface area contributed by atoms with Crippen LogP contribution in [0.5, 0.6) is 0 Å². The number of carbonyl (C=O) groups excluding carboxylic acids is 1. The summed E-state index contributed by atoms with van der Waals surface area (Å²) < 4.78 is 0. The number of carbonyl (C=O) groups is 1. The summed E-state index contributed by atoms with van der Waals surface area (Å²) in [6, 6.07) is 21.6. The molecule has 1 fully saturated rings. The predicted molar refractivity (Wildman–Crippen MR) is 123 cm³/mol. The number of nitrogens with one attached hydrogen (secondary N) is 1. The van der Waals surface area contributed by atoms with Crippen molar-refractivity contribution in [1.29, 1.82) is 0 Å². The van der Waals surface area contributed by atoms with Crippen molar-refractivity contribution in [3.8, 4) is 0 Å². The standard InChI is InChI=1S/C23H24N4O3S/c28-23(21-10-11-22(31-21)27(29)30)24-16-18-6-8-20(9-7-18)26-14-12-25(13-15-26)17-19-4-2-1-3-5-19/h1-11H,12-17H2,(H,24,28). The summed E-state index contributed by atoms with van der Waals surface area (Å²) in [5.41, 5.74) is 3.52. The molecule has 0 atom stereocenters. The topological polar surface area (TPSA) is 78.7 Å². The SMILES string of the molecule is O=C(NCc1ccc(N2CCN(Cc3ccccc3)CC2)cc1)c1ccc([N+](=O)[O-])s1. The minimum Gasteiger partial charge on any atom is -0.369 e. The van der Waals surface area contributed by atoms with E-state index in [4.69, 9.17) is 0 Å². The Morgan fingerprint density at radius 2 is 1.65 bits per heavy atom. The van der Waals surface area contributed by atoms with E-state index in [-0.39, 0.29) is 10.9 Å². The Labute approximate surface area is 185 Å². The van der Waals surface area contributed by atoms with Crippen LogP contribution in [0.25, 0.3) is 0 Å². The highest BCUT2D eigenvalue weighted by atomic mass is 32.1. The number of amides is 1. The number of benzene rings is 2. The first-order valence-corrected chi connectivity index (χ1v) is 11.0. The van der Waals surface area contributed by atoms with E-state index in [0.717, 1.165) is 49.6 Å². The highest BCUT2D eigenvalue weighted by Gasteiger charge is 2.18. The molecule has 2 aromatic carbocycles. The van der Waals surface area contributed by atoms with Gasteiger partial charge in [-0.2, -0.15) is 0 Å². The number of piperazine rings is 1. The average molecular weight is 437 g/mol. The van der Waals surface area contributed by atoms with E-state index >= 15 is 0 Å². The van der Waals surface area contributed by atoms with Crippen molar-refractivity contribution < 1.29 is 9.72 Å². The first-order chi connectivity index (χ1) is 15.1. The van der Waals surface area contributed by atoms with Crippen LogP contribution in [0, 0.1) is 10.1 Å². The molecule has 1 aliphatic rings. The molecule has 0 radical (unpaired) electrons. The number of nitrogens with zero attached hydrogens (tertiary/aromatic N) is 3. The highest BCUT2D eigenvalue weighted by Crippen LogP contribution is 2.24. The fraction of sp³-hybridized carbons (Fsp3) is 0.261. The van der Waals surface area contributed by atoms with Crippen molar-refractivity contribution in [3.05, 3.63) is 92.8 Å². The van der Waals surface area contributed by atoms with Gasteiger partial charge in [0.05, 0.1) is 9.80 Å². The van der Waals surface area contributed by atoms with E-state index < -0.39 is 4.92 Å². The second-order valence-electron chi connectivity index (χ2n) is 7.49. The van der Waals surface area contributed by atoms with Crippen molar-refractivity contribution in [3.63, 3.8) is 0 Å². The molecule has 1 aliphatic heterocycles. The van der Waals surface area contributed by atoms with Gasteiger partial charge in [0, 0.05) is 51.0 Å². The van der Waals surface area contributed by atoms with Gasteiger partial charge in [0.2, 0.25) is 0 Å². The third-order valence-corrected chi connectivity index (χ3v) is 6.41. The van der Waals surface area contributed by atoms with E-state index in [1.807, 2.05) is 18.2 Å². The Morgan fingerprint density at radius 1 is 0.935 bits per heavy atom. The lowest BCUT2D eigenvalue weighted by Gasteiger charge is -2.36. The molecule has 160 valence electrons. The number of hydrogen-bond donors (Lipinski definition) is 1. The molecular formula is C23H24N4O3S. The molecule has 4 rings (SSSR count). The van der Waals surface area contributed by atoms with Gasteiger partial charge in [-0.15, -0.1) is 0 Å². The zero-order valence-corrected chi connectivity index (χ0v) is 17.9. The number of anilines is 1. The van der Waals surface area contributed by atoms with Crippen LogP contribution in [0.3, 0.4) is 0 Å². The summed E-state index contributed by atoms with van der Waals surface area (Å²) in [5, 5.41) is 13.6. The second-order valence-corrected chi connectivity index (χ2v) is 8.56. The first-order valence-electron chi connectivity index (χ1n) is 10.2. The van der Waals surface area contributed by atoms with E-state index in [9.17, 15) is 14.9 Å². The number of rotatable bonds is 7. The summed E-state index contributed by atoms with van der Waals surface area (Å²) in [5.74, 6) is -0.295. The maximum Gasteiger partial charge on any atom is 0.324 e. The van der Waals surface area contributed by atoms with Crippen LogP contribution >= 0.6 is 11.3 Å².